The summed E-state index contributed by atoms with van der Waals surface area (Å²) in [6, 6.07) is 0.722. The van der Waals surface area contributed by atoms with Crippen LogP contribution in [0.15, 0.2) is 0 Å². The second-order valence-corrected chi connectivity index (χ2v) is 6.09. The first kappa shape index (κ1) is 12.4. The van der Waals surface area contributed by atoms with E-state index in [-0.39, 0.29) is 0 Å². The molecule has 1 saturated heterocycles. The highest BCUT2D eigenvalue weighted by molar-refractivity contribution is 4.96. The van der Waals surface area contributed by atoms with Crippen molar-refractivity contribution in [2.75, 3.05) is 26.2 Å². The largest absolute Gasteiger partial charge is 0.314 e. The topological polar surface area (TPSA) is 15.3 Å². The van der Waals surface area contributed by atoms with E-state index in [2.05, 4.69) is 24.1 Å². The van der Waals surface area contributed by atoms with E-state index >= 15 is 0 Å². The van der Waals surface area contributed by atoms with Gasteiger partial charge in [0.2, 0.25) is 0 Å². The van der Waals surface area contributed by atoms with E-state index in [0.29, 0.717) is 5.41 Å². The third kappa shape index (κ3) is 3.46. The first-order chi connectivity index (χ1) is 7.71. The number of hydrogen-bond donors (Lipinski definition) is 1. The minimum absolute atomic E-state index is 0.634. The first-order valence-electron chi connectivity index (χ1n) is 7.16. The summed E-state index contributed by atoms with van der Waals surface area (Å²) in [7, 11) is 0. The molecule has 0 aromatic heterocycles. The number of nitrogens with one attached hydrogen (secondary N) is 1. The van der Waals surface area contributed by atoms with Gasteiger partial charge in [-0.05, 0) is 77.0 Å². The Balaban J connectivity index is 1.45. The zero-order valence-corrected chi connectivity index (χ0v) is 11.1. The van der Waals surface area contributed by atoms with Gasteiger partial charge in [-0.25, -0.2) is 0 Å². The lowest BCUT2D eigenvalue weighted by molar-refractivity contribution is 0.322. The molecule has 1 N–H and O–H groups in total. The highest BCUT2D eigenvalue weighted by Gasteiger charge is 2.41. The number of hydrogen-bond acceptors (Lipinski definition) is 2. The van der Waals surface area contributed by atoms with Crippen LogP contribution in [0.2, 0.25) is 0 Å². The molecule has 94 valence electrons. The number of unbranched alkanes of at least 4 members (excludes halogenated alkanes) is 1. The Kier molecular flexibility index (Phi) is 4.26. The van der Waals surface area contributed by atoms with Crippen LogP contribution in [0, 0.1) is 5.41 Å². The van der Waals surface area contributed by atoms with Gasteiger partial charge < -0.3 is 10.2 Å². The van der Waals surface area contributed by atoms with Crippen molar-refractivity contribution in [3.8, 4) is 0 Å². The third-order valence-corrected chi connectivity index (χ3v) is 4.63. The smallest absolute Gasteiger partial charge is 0.00925 e. The van der Waals surface area contributed by atoms with Crippen molar-refractivity contribution in [1.29, 1.82) is 0 Å². The predicted octanol–water partition coefficient (Wildman–Crippen LogP) is 2.64. The fraction of sp³-hybridized carbons (Fsp3) is 1.00. The van der Waals surface area contributed by atoms with E-state index in [1.165, 1.54) is 64.7 Å². The molecule has 2 rings (SSSR count). The molecular weight excluding hydrogens is 196 g/mol. The molecule has 0 unspecified atom stereocenters. The average molecular weight is 224 g/mol. The molecule has 2 heteroatoms. The van der Waals surface area contributed by atoms with Gasteiger partial charge in [-0.3, -0.25) is 0 Å². The van der Waals surface area contributed by atoms with Crippen molar-refractivity contribution in [3.63, 3.8) is 0 Å². The quantitative estimate of drug-likeness (QED) is 0.669. The maximum Gasteiger partial charge on any atom is 0.00925 e. The monoisotopic (exact) mass is 224 g/mol. The molecule has 2 aliphatic rings. The van der Waals surface area contributed by atoms with Gasteiger partial charge in [0.25, 0.3) is 0 Å². The summed E-state index contributed by atoms with van der Waals surface area (Å²) in [5, 5.41) is 3.69. The Morgan fingerprint density at radius 1 is 1.19 bits per heavy atom. The lowest BCUT2D eigenvalue weighted by Crippen LogP contribution is -2.34. The van der Waals surface area contributed by atoms with Crippen LogP contribution in [0.5, 0.6) is 0 Å². The first-order valence-corrected chi connectivity index (χ1v) is 7.16. The van der Waals surface area contributed by atoms with Crippen LogP contribution in [0.3, 0.4) is 0 Å². The molecule has 1 saturated carbocycles. The molecule has 1 atom stereocenters. The van der Waals surface area contributed by atoms with Crippen LogP contribution in [0.4, 0.5) is 0 Å². The lowest BCUT2D eigenvalue weighted by atomic mass is 10.0. The minimum atomic E-state index is 0.634. The SMILES string of the molecule is C[C@H](NCCCCN1CCCC1)C1(C)CC1. The van der Waals surface area contributed by atoms with Gasteiger partial charge in [0.05, 0.1) is 0 Å². The van der Waals surface area contributed by atoms with Gasteiger partial charge in [0, 0.05) is 6.04 Å². The zero-order chi connectivity index (χ0) is 11.4. The second kappa shape index (κ2) is 5.50. The Bertz CT molecular complexity index is 205. The van der Waals surface area contributed by atoms with Crippen molar-refractivity contribution < 1.29 is 0 Å². The van der Waals surface area contributed by atoms with Crippen LogP contribution >= 0.6 is 0 Å². The molecule has 0 aromatic carbocycles. The van der Waals surface area contributed by atoms with Gasteiger partial charge in [-0.2, -0.15) is 0 Å². The van der Waals surface area contributed by atoms with Crippen LogP contribution in [-0.4, -0.2) is 37.1 Å². The van der Waals surface area contributed by atoms with E-state index in [4.69, 9.17) is 0 Å². The summed E-state index contributed by atoms with van der Waals surface area (Å²) in [6.07, 6.45) is 8.42. The van der Waals surface area contributed by atoms with E-state index in [1.807, 2.05) is 0 Å². The van der Waals surface area contributed by atoms with Gasteiger partial charge in [-0.15, -0.1) is 0 Å². The second-order valence-electron chi connectivity index (χ2n) is 6.09. The fourth-order valence-electron chi connectivity index (χ4n) is 2.66. The number of nitrogens with zero attached hydrogens (tertiary/aromatic N) is 1. The predicted molar refractivity (Wildman–Crippen MR) is 69.7 cm³/mol. The summed E-state index contributed by atoms with van der Waals surface area (Å²) >= 11 is 0. The lowest BCUT2D eigenvalue weighted by Gasteiger charge is -2.20. The molecule has 1 aliphatic carbocycles. The van der Waals surface area contributed by atoms with Crippen LogP contribution < -0.4 is 5.32 Å². The number of likely N-dealkylation sites (tertiary alicyclic amines) is 1. The summed E-state index contributed by atoms with van der Waals surface area (Å²) in [6.45, 7) is 10.0. The van der Waals surface area contributed by atoms with Gasteiger partial charge in [-0.1, -0.05) is 6.92 Å². The van der Waals surface area contributed by atoms with E-state index in [0.717, 1.165) is 6.04 Å². The molecule has 0 amide bonds. The zero-order valence-electron chi connectivity index (χ0n) is 11.1. The van der Waals surface area contributed by atoms with Crippen molar-refractivity contribution in [2.45, 2.75) is 58.4 Å². The van der Waals surface area contributed by atoms with E-state index < -0.39 is 0 Å². The maximum absolute atomic E-state index is 3.69. The van der Waals surface area contributed by atoms with Gasteiger partial charge in [0.1, 0.15) is 0 Å². The minimum Gasteiger partial charge on any atom is -0.314 e. The Hall–Kier alpha value is -0.0800. The van der Waals surface area contributed by atoms with Crippen molar-refractivity contribution >= 4 is 0 Å². The molecule has 0 spiro atoms. The molecule has 0 aromatic rings. The molecule has 16 heavy (non-hydrogen) atoms. The molecule has 2 fully saturated rings. The fourth-order valence-corrected chi connectivity index (χ4v) is 2.66. The Morgan fingerprint density at radius 2 is 1.88 bits per heavy atom. The molecule has 2 nitrogen and oxygen atoms in total. The Morgan fingerprint density at radius 3 is 2.50 bits per heavy atom. The van der Waals surface area contributed by atoms with Crippen molar-refractivity contribution in [3.05, 3.63) is 0 Å². The molecule has 1 aliphatic heterocycles. The molecule has 0 bridgehead atoms. The Labute approximate surface area is 101 Å². The van der Waals surface area contributed by atoms with Gasteiger partial charge in [0.15, 0.2) is 0 Å². The standard InChI is InChI=1S/C14H28N2/c1-13(14(2)7-8-14)15-9-3-4-10-16-11-5-6-12-16/h13,15H,3-12H2,1-2H3/t13-/m0/s1. The van der Waals surface area contributed by atoms with E-state index in [9.17, 15) is 0 Å². The van der Waals surface area contributed by atoms with Gasteiger partial charge >= 0.3 is 0 Å². The highest BCUT2D eigenvalue weighted by atomic mass is 15.1. The molecule has 1 heterocycles. The van der Waals surface area contributed by atoms with Crippen LogP contribution in [0.1, 0.15) is 52.4 Å². The average Bonchev–Trinajstić information content (AvgIpc) is 2.81. The maximum atomic E-state index is 3.69. The van der Waals surface area contributed by atoms with Crippen molar-refractivity contribution in [1.82, 2.24) is 10.2 Å². The van der Waals surface area contributed by atoms with Crippen LogP contribution in [-0.2, 0) is 0 Å². The van der Waals surface area contributed by atoms with Crippen molar-refractivity contribution in [2.24, 2.45) is 5.41 Å². The molecular formula is C14H28N2. The van der Waals surface area contributed by atoms with Crippen LogP contribution in [0.25, 0.3) is 0 Å². The summed E-state index contributed by atoms with van der Waals surface area (Å²) in [5.74, 6) is 0. The van der Waals surface area contributed by atoms with E-state index in [1.54, 1.807) is 0 Å². The summed E-state index contributed by atoms with van der Waals surface area (Å²) in [5.41, 5.74) is 0.634. The summed E-state index contributed by atoms with van der Waals surface area (Å²) < 4.78 is 0. The highest BCUT2D eigenvalue weighted by Crippen LogP contribution is 2.47. The third-order valence-electron chi connectivity index (χ3n) is 4.63. The number of rotatable bonds is 7. The normalized spacial score (nSPS) is 25.9. The molecule has 0 radical (unpaired) electrons. The summed E-state index contributed by atoms with van der Waals surface area (Å²) in [4.78, 5) is 2.62.